The molecule has 0 radical (unpaired) electrons. The number of ether oxygens (including phenoxy) is 4. The van der Waals surface area contributed by atoms with Crippen LogP contribution in [0.1, 0.15) is 21.5 Å². The summed E-state index contributed by atoms with van der Waals surface area (Å²) in [4.78, 5) is 12.6. The number of aryl methyl sites for hydroxylation is 1. The highest BCUT2D eigenvalue weighted by molar-refractivity contribution is 6.13. The Morgan fingerprint density at radius 1 is 0.852 bits per heavy atom. The highest BCUT2D eigenvalue weighted by atomic mass is 16.5. The third-order valence-corrected chi connectivity index (χ3v) is 4.96. The predicted molar refractivity (Wildman–Crippen MR) is 103 cm³/mol. The van der Waals surface area contributed by atoms with Crippen LogP contribution in [0, 0.1) is 6.92 Å². The number of hydrogen-bond donors (Lipinski definition) is 0. The van der Waals surface area contributed by atoms with E-state index >= 15 is 0 Å². The Kier molecular flexibility index (Phi) is 4.15. The molecule has 27 heavy (non-hydrogen) atoms. The van der Waals surface area contributed by atoms with Crippen LogP contribution in [0.25, 0.3) is 21.9 Å². The van der Waals surface area contributed by atoms with Crippen molar-refractivity contribution < 1.29 is 23.7 Å². The monoisotopic (exact) mass is 364 g/mol. The molecule has 1 aliphatic heterocycles. The van der Waals surface area contributed by atoms with Crippen molar-refractivity contribution in [2.24, 2.45) is 0 Å². The minimum atomic E-state index is -0.337. The first kappa shape index (κ1) is 17.2. The minimum Gasteiger partial charge on any atom is -0.496 e. The Hall–Kier alpha value is -3.21. The molecule has 1 heterocycles. The van der Waals surface area contributed by atoms with Gasteiger partial charge in [-0.15, -0.1) is 0 Å². The molecule has 5 nitrogen and oxygen atoms in total. The lowest BCUT2D eigenvalue weighted by molar-refractivity contribution is 0.0535. The van der Waals surface area contributed by atoms with E-state index in [1.165, 1.54) is 0 Å². The van der Waals surface area contributed by atoms with Gasteiger partial charge in [-0.2, -0.15) is 0 Å². The highest BCUT2D eigenvalue weighted by Crippen LogP contribution is 2.47. The van der Waals surface area contributed by atoms with Crippen molar-refractivity contribution in [1.29, 1.82) is 0 Å². The number of carbonyl (C=O) groups excluding carboxylic acids is 1. The Labute approximate surface area is 157 Å². The molecule has 0 fully saturated rings. The van der Waals surface area contributed by atoms with E-state index in [0.717, 1.165) is 33.0 Å². The van der Waals surface area contributed by atoms with E-state index < -0.39 is 0 Å². The summed E-state index contributed by atoms with van der Waals surface area (Å²) in [5.74, 6) is 1.48. The first-order valence-electron chi connectivity index (χ1n) is 8.61. The van der Waals surface area contributed by atoms with Gasteiger partial charge in [-0.1, -0.05) is 29.8 Å². The Morgan fingerprint density at radius 2 is 1.48 bits per heavy atom. The number of benzene rings is 3. The van der Waals surface area contributed by atoms with Crippen molar-refractivity contribution in [3.05, 3.63) is 53.1 Å². The molecule has 0 unspecified atom stereocenters. The van der Waals surface area contributed by atoms with Gasteiger partial charge in [-0.25, -0.2) is 4.79 Å². The first-order chi connectivity index (χ1) is 13.1. The molecule has 1 aliphatic rings. The van der Waals surface area contributed by atoms with Crippen LogP contribution in [-0.2, 0) is 11.3 Å². The fraction of sp³-hybridized carbons (Fsp3) is 0.227. The van der Waals surface area contributed by atoms with Gasteiger partial charge in [0.25, 0.3) is 0 Å². The maximum absolute atomic E-state index is 12.6. The summed E-state index contributed by atoms with van der Waals surface area (Å²) in [5, 5.41) is 1.70. The first-order valence-corrected chi connectivity index (χ1v) is 8.61. The Bertz CT molecular complexity index is 1050. The summed E-state index contributed by atoms with van der Waals surface area (Å²) in [6, 6.07) is 11.8. The SMILES string of the molecule is COc1cc2c(OC)c3c(c(-c4ccc(C)cc4)c2cc1OC)C(=O)OC3. The van der Waals surface area contributed by atoms with E-state index in [4.69, 9.17) is 18.9 Å². The average Bonchev–Trinajstić information content (AvgIpc) is 3.07. The quantitative estimate of drug-likeness (QED) is 0.638. The van der Waals surface area contributed by atoms with Crippen molar-refractivity contribution in [1.82, 2.24) is 0 Å². The average molecular weight is 364 g/mol. The lowest BCUT2D eigenvalue weighted by Crippen LogP contribution is -2.02. The second-order valence-electron chi connectivity index (χ2n) is 6.46. The van der Waals surface area contributed by atoms with Gasteiger partial charge in [-0.3, -0.25) is 0 Å². The summed E-state index contributed by atoms with van der Waals surface area (Å²) < 4.78 is 22.0. The summed E-state index contributed by atoms with van der Waals surface area (Å²) in [6.07, 6.45) is 0. The van der Waals surface area contributed by atoms with Crippen LogP contribution in [0.5, 0.6) is 17.2 Å². The van der Waals surface area contributed by atoms with E-state index in [1.54, 1.807) is 21.3 Å². The molecule has 0 N–H and O–H groups in total. The molecular weight excluding hydrogens is 344 g/mol. The molecule has 3 aromatic carbocycles. The van der Waals surface area contributed by atoms with Crippen LogP contribution in [-0.4, -0.2) is 27.3 Å². The van der Waals surface area contributed by atoms with Crippen LogP contribution in [0.4, 0.5) is 0 Å². The fourth-order valence-electron chi connectivity index (χ4n) is 3.66. The maximum Gasteiger partial charge on any atom is 0.339 e. The molecule has 0 spiro atoms. The van der Waals surface area contributed by atoms with E-state index in [0.29, 0.717) is 22.8 Å². The minimum absolute atomic E-state index is 0.195. The number of rotatable bonds is 4. The lowest BCUT2D eigenvalue weighted by Gasteiger charge is -2.18. The smallest absolute Gasteiger partial charge is 0.339 e. The fourth-order valence-corrected chi connectivity index (χ4v) is 3.66. The summed E-state index contributed by atoms with van der Waals surface area (Å²) in [6.45, 7) is 2.23. The molecule has 0 saturated carbocycles. The number of cyclic esters (lactones) is 1. The molecule has 0 aromatic heterocycles. The van der Waals surface area contributed by atoms with Crippen molar-refractivity contribution in [2.45, 2.75) is 13.5 Å². The van der Waals surface area contributed by atoms with Gasteiger partial charge in [0.1, 0.15) is 12.4 Å². The largest absolute Gasteiger partial charge is 0.496 e. The number of fused-ring (bicyclic) bond motifs is 2. The van der Waals surface area contributed by atoms with Crippen molar-refractivity contribution in [3.63, 3.8) is 0 Å². The van der Waals surface area contributed by atoms with E-state index in [2.05, 4.69) is 0 Å². The van der Waals surface area contributed by atoms with Gasteiger partial charge in [0, 0.05) is 16.5 Å². The van der Waals surface area contributed by atoms with Crippen molar-refractivity contribution in [2.75, 3.05) is 21.3 Å². The standard InChI is InChI=1S/C22H20O5/c1-12-5-7-13(8-6-12)19-14-9-17(24-2)18(25-3)10-15(14)21(26-4)16-11-27-22(23)20(16)19/h5-10H,11H2,1-4H3. The van der Waals surface area contributed by atoms with Crippen LogP contribution in [0.2, 0.25) is 0 Å². The zero-order valence-electron chi connectivity index (χ0n) is 15.7. The van der Waals surface area contributed by atoms with Crippen molar-refractivity contribution in [3.8, 4) is 28.4 Å². The van der Waals surface area contributed by atoms with E-state index in [-0.39, 0.29) is 12.6 Å². The zero-order chi connectivity index (χ0) is 19.1. The third-order valence-electron chi connectivity index (χ3n) is 4.96. The normalized spacial score (nSPS) is 12.7. The highest BCUT2D eigenvalue weighted by Gasteiger charge is 2.32. The second-order valence-corrected chi connectivity index (χ2v) is 6.46. The van der Waals surface area contributed by atoms with Gasteiger partial charge >= 0.3 is 5.97 Å². The van der Waals surface area contributed by atoms with Gasteiger partial charge < -0.3 is 18.9 Å². The van der Waals surface area contributed by atoms with Crippen LogP contribution >= 0.6 is 0 Å². The van der Waals surface area contributed by atoms with Crippen LogP contribution < -0.4 is 14.2 Å². The topological polar surface area (TPSA) is 54.0 Å². The van der Waals surface area contributed by atoms with Crippen LogP contribution in [0.3, 0.4) is 0 Å². The summed E-state index contributed by atoms with van der Waals surface area (Å²) in [7, 11) is 4.78. The number of esters is 1. The molecule has 0 aliphatic carbocycles. The Morgan fingerprint density at radius 3 is 2.07 bits per heavy atom. The molecule has 138 valence electrons. The molecular formula is C22H20O5. The summed E-state index contributed by atoms with van der Waals surface area (Å²) in [5.41, 5.74) is 4.23. The van der Waals surface area contributed by atoms with E-state index in [1.807, 2.05) is 43.3 Å². The molecule has 3 aromatic rings. The number of carbonyl (C=O) groups is 1. The molecule has 0 amide bonds. The van der Waals surface area contributed by atoms with Gasteiger partial charge in [0.2, 0.25) is 0 Å². The second kappa shape index (κ2) is 6.50. The molecule has 4 rings (SSSR count). The molecule has 0 bridgehead atoms. The number of methoxy groups -OCH3 is 3. The van der Waals surface area contributed by atoms with Crippen LogP contribution in [0.15, 0.2) is 36.4 Å². The maximum atomic E-state index is 12.6. The van der Waals surface area contributed by atoms with E-state index in [9.17, 15) is 4.79 Å². The molecule has 0 saturated heterocycles. The summed E-state index contributed by atoms with van der Waals surface area (Å²) >= 11 is 0. The molecule has 5 heteroatoms. The zero-order valence-corrected chi connectivity index (χ0v) is 15.7. The van der Waals surface area contributed by atoms with Gasteiger partial charge in [0.15, 0.2) is 11.5 Å². The van der Waals surface area contributed by atoms with Gasteiger partial charge in [-0.05, 0) is 30.0 Å². The Balaban J connectivity index is 2.18. The molecule has 0 atom stereocenters. The lowest BCUT2D eigenvalue weighted by atomic mass is 9.89. The third kappa shape index (κ3) is 2.58. The predicted octanol–water partition coefficient (Wildman–Crippen LogP) is 4.51. The number of hydrogen-bond acceptors (Lipinski definition) is 5. The van der Waals surface area contributed by atoms with Crippen molar-refractivity contribution >= 4 is 16.7 Å². The van der Waals surface area contributed by atoms with Gasteiger partial charge in [0.05, 0.1) is 26.9 Å².